The quantitative estimate of drug-likeness (QED) is 0.917. The van der Waals surface area contributed by atoms with Gasteiger partial charge in [-0.1, -0.05) is 32.9 Å². The van der Waals surface area contributed by atoms with E-state index in [9.17, 15) is 9.90 Å². The van der Waals surface area contributed by atoms with E-state index in [2.05, 4.69) is 20.8 Å². The molecule has 1 aromatic carbocycles. The lowest BCUT2D eigenvalue weighted by atomic mass is 9.89. The van der Waals surface area contributed by atoms with E-state index < -0.39 is 6.10 Å². The molecule has 0 fully saturated rings. The Hall–Kier alpha value is -1.35. The lowest BCUT2D eigenvalue weighted by Gasteiger charge is -2.24. The lowest BCUT2D eigenvalue weighted by molar-refractivity contribution is 0.0705. The molecule has 0 saturated carbocycles. The van der Waals surface area contributed by atoms with Gasteiger partial charge in [-0.25, -0.2) is 0 Å². The summed E-state index contributed by atoms with van der Waals surface area (Å²) in [5.41, 5.74) is 1.88. The van der Waals surface area contributed by atoms with E-state index in [0.717, 1.165) is 29.7 Å². The second-order valence-electron chi connectivity index (χ2n) is 6.79. The Balaban J connectivity index is 2.04. The second-order valence-corrected chi connectivity index (χ2v) is 6.79. The molecule has 2 rings (SSSR count). The smallest absolute Gasteiger partial charge is 0.163 e. The highest BCUT2D eigenvalue weighted by atomic mass is 16.5. The van der Waals surface area contributed by atoms with E-state index in [1.807, 2.05) is 18.2 Å². The summed E-state index contributed by atoms with van der Waals surface area (Å²) in [4.78, 5) is 11.9. The van der Waals surface area contributed by atoms with Gasteiger partial charge in [0.25, 0.3) is 0 Å². The molecule has 1 aliphatic rings. The molecule has 0 aliphatic heterocycles. The van der Waals surface area contributed by atoms with Crippen LogP contribution in [0.15, 0.2) is 18.2 Å². The van der Waals surface area contributed by atoms with Gasteiger partial charge in [0.15, 0.2) is 5.78 Å². The SMILES string of the molecule is CC(C)(C)CC(O)COc1cccc2c1CCCC2=O. The Morgan fingerprint density at radius 3 is 2.75 bits per heavy atom. The van der Waals surface area contributed by atoms with E-state index in [1.54, 1.807) is 0 Å². The predicted molar refractivity (Wildman–Crippen MR) is 79.3 cm³/mol. The summed E-state index contributed by atoms with van der Waals surface area (Å²) in [6.45, 7) is 6.57. The molecule has 0 amide bonds. The van der Waals surface area contributed by atoms with Crippen LogP contribution >= 0.6 is 0 Å². The summed E-state index contributed by atoms with van der Waals surface area (Å²) in [6.07, 6.45) is 2.61. The predicted octanol–water partition coefficient (Wildman–Crippen LogP) is 3.38. The summed E-state index contributed by atoms with van der Waals surface area (Å²) in [6, 6.07) is 5.62. The van der Waals surface area contributed by atoms with E-state index in [1.165, 1.54) is 0 Å². The van der Waals surface area contributed by atoms with Crippen molar-refractivity contribution in [1.82, 2.24) is 0 Å². The number of benzene rings is 1. The Morgan fingerprint density at radius 2 is 2.05 bits per heavy atom. The number of carbonyl (C=O) groups is 1. The van der Waals surface area contributed by atoms with Gasteiger partial charge in [-0.05, 0) is 30.7 Å². The molecule has 0 radical (unpaired) electrons. The third kappa shape index (κ3) is 3.83. The van der Waals surface area contributed by atoms with Crippen LogP contribution in [0.4, 0.5) is 0 Å². The molecule has 3 nitrogen and oxygen atoms in total. The van der Waals surface area contributed by atoms with Gasteiger partial charge in [0, 0.05) is 17.5 Å². The van der Waals surface area contributed by atoms with Gasteiger partial charge in [-0.3, -0.25) is 4.79 Å². The molecule has 3 heteroatoms. The summed E-state index contributed by atoms with van der Waals surface area (Å²) in [5, 5.41) is 10.0. The average molecular weight is 276 g/mol. The number of hydrogen-bond donors (Lipinski definition) is 1. The summed E-state index contributed by atoms with van der Waals surface area (Å²) < 4.78 is 5.76. The summed E-state index contributed by atoms with van der Waals surface area (Å²) >= 11 is 0. The number of aliphatic hydroxyl groups excluding tert-OH is 1. The van der Waals surface area contributed by atoms with Crippen molar-refractivity contribution in [1.29, 1.82) is 0 Å². The number of ether oxygens (including phenoxy) is 1. The first-order valence-corrected chi connectivity index (χ1v) is 7.33. The second kappa shape index (κ2) is 5.96. The number of hydrogen-bond acceptors (Lipinski definition) is 3. The van der Waals surface area contributed by atoms with Crippen molar-refractivity contribution in [3.8, 4) is 5.75 Å². The van der Waals surface area contributed by atoms with Gasteiger partial charge in [-0.15, -0.1) is 0 Å². The highest BCUT2D eigenvalue weighted by molar-refractivity contribution is 5.99. The highest BCUT2D eigenvalue weighted by Gasteiger charge is 2.21. The van der Waals surface area contributed by atoms with Crippen LogP contribution in [0.25, 0.3) is 0 Å². The van der Waals surface area contributed by atoms with Gasteiger partial charge in [0.05, 0.1) is 6.10 Å². The zero-order valence-corrected chi connectivity index (χ0v) is 12.6. The van der Waals surface area contributed by atoms with Crippen molar-refractivity contribution in [2.24, 2.45) is 5.41 Å². The monoisotopic (exact) mass is 276 g/mol. The maximum absolute atomic E-state index is 11.9. The minimum Gasteiger partial charge on any atom is -0.491 e. The Kier molecular flexibility index (Phi) is 4.48. The van der Waals surface area contributed by atoms with Crippen molar-refractivity contribution < 1.29 is 14.6 Å². The standard InChI is InChI=1S/C17H24O3/c1-17(2,3)10-12(18)11-20-16-9-5-6-13-14(16)7-4-8-15(13)19/h5-6,9,12,18H,4,7-8,10-11H2,1-3H3. The van der Waals surface area contributed by atoms with Crippen LogP contribution in [-0.4, -0.2) is 23.6 Å². The molecule has 1 aliphatic carbocycles. The van der Waals surface area contributed by atoms with Crippen molar-refractivity contribution in [3.05, 3.63) is 29.3 Å². The molecule has 1 atom stereocenters. The van der Waals surface area contributed by atoms with Gasteiger partial charge in [-0.2, -0.15) is 0 Å². The molecule has 0 bridgehead atoms. The highest BCUT2D eigenvalue weighted by Crippen LogP contribution is 2.30. The fourth-order valence-electron chi connectivity index (χ4n) is 2.73. The number of aliphatic hydroxyl groups is 1. The number of fused-ring (bicyclic) bond motifs is 1. The lowest BCUT2D eigenvalue weighted by Crippen LogP contribution is -2.24. The number of ketones is 1. The fraction of sp³-hybridized carbons (Fsp3) is 0.588. The fourth-order valence-corrected chi connectivity index (χ4v) is 2.73. The number of Topliss-reactive ketones (excluding diaryl/α,β-unsaturated/α-hetero) is 1. The van der Waals surface area contributed by atoms with E-state index in [-0.39, 0.29) is 17.8 Å². The minimum absolute atomic E-state index is 0.0782. The van der Waals surface area contributed by atoms with Crippen LogP contribution in [0.5, 0.6) is 5.75 Å². The van der Waals surface area contributed by atoms with Crippen molar-refractivity contribution in [2.45, 2.75) is 52.6 Å². The van der Waals surface area contributed by atoms with Gasteiger partial charge >= 0.3 is 0 Å². The van der Waals surface area contributed by atoms with Gasteiger partial charge < -0.3 is 9.84 Å². The molecule has 1 aromatic rings. The molecule has 110 valence electrons. The van der Waals surface area contributed by atoms with Gasteiger partial charge in [0.2, 0.25) is 0 Å². The van der Waals surface area contributed by atoms with Crippen LogP contribution in [0.1, 0.15) is 56.0 Å². The summed E-state index contributed by atoms with van der Waals surface area (Å²) in [5.74, 6) is 0.954. The molecular formula is C17H24O3. The van der Waals surface area contributed by atoms with Crippen LogP contribution in [0, 0.1) is 5.41 Å². The van der Waals surface area contributed by atoms with Crippen LogP contribution in [-0.2, 0) is 6.42 Å². The van der Waals surface area contributed by atoms with Crippen molar-refractivity contribution in [3.63, 3.8) is 0 Å². The van der Waals surface area contributed by atoms with E-state index in [0.29, 0.717) is 12.8 Å². The molecule has 0 spiro atoms. The molecular weight excluding hydrogens is 252 g/mol. The number of rotatable bonds is 4. The van der Waals surface area contributed by atoms with Crippen LogP contribution < -0.4 is 4.74 Å². The normalized spacial score (nSPS) is 16.7. The van der Waals surface area contributed by atoms with E-state index in [4.69, 9.17) is 4.74 Å². The maximum Gasteiger partial charge on any atom is 0.163 e. The molecule has 0 aromatic heterocycles. The van der Waals surface area contributed by atoms with Crippen LogP contribution in [0.2, 0.25) is 0 Å². The molecule has 0 saturated heterocycles. The van der Waals surface area contributed by atoms with Crippen LogP contribution in [0.3, 0.4) is 0 Å². The average Bonchev–Trinajstić information content (AvgIpc) is 2.35. The Bertz CT molecular complexity index is 485. The first-order valence-electron chi connectivity index (χ1n) is 7.33. The third-order valence-electron chi connectivity index (χ3n) is 3.54. The Morgan fingerprint density at radius 1 is 1.30 bits per heavy atom. The largest absolute Gasteiger partial charge is 0.491 e. The molecule has 1 N–H and O–H groups in total. The minimum atomic E-state index is -0.481. The number of carbonyl (C=O) groups excluding carboxylic acids is 1. The Labute approximate surface area is 121 Å². The zero-order valence-electron chi connectivity index (χ0n) is 12.6. The first-order chi connectivity index (χ1) is 9.37. The van der Waals surface area contributed by atoms with Gasteiger partial charge in [0.1, 0.15) is 12.4 Å². The first kappa shape index (κ1) is 15.0. The van der Waals surface area contributed by atoms with Crippen molar-refractivity contribution >= 4 is 5.78 Å². The third-order valence-corrected chi connectivity index (χ3v) is 3.54. The van der Waals surface area contributed by atoms with E-state index >= 15 is 0 Å². The zero-order chi connectivity index (χ0) is 14.8. The summed E-state index contributed by atoms with van der Waals surface area (Å²) in [7, 11) is 0. The maximum atomic E-state index is 11.9. The molecule has 20 heavy (non-hydrogen) atoms. The molecule has 1 unspecified atom stereocenters. The van der Waals surface area contributed by atoms with Crippen molar-refractivity contribution in [2.75, 3.05) is 6.61 Å². The topological polar surface area (TPSA) is 46.5 Å². The molecule has 0 heterocycles.